The minimum absolute atomic E-state index is 0.597. The molecule has 2 N–H and O–H groups in total. The zero-order chi connectivity index (χ0) is 5.11. The molecule has 0 aromatic carbocycles. The van der Waals surface area contributed by atoms with Crippen LogP contribution in [0.2, 0.25) is 0 Å². The Morgan fingerprint density at radius 1 is 1.86 bits per heavy atom. The van der Waals surface area contributed by atoms with Crippen molar-refractivity contribution in [2.75, 3.05) is 0 Å². The summed E-state index contributed by atoms with van der Waals surface area (Å²) in [6, 6.07) is 1.69. The van der Waals surface area contributed by atoms with Gasteiger partial charge in [-0.25, -0.2) is 0 Å². The fourth-order valence-corrected chi connectivity index (χ4v) is 0.520. The standard InChI is InChI=1S/C3H4N2OS/c6-7-3-1-2-4-5-3/h1-2,6H,(H,4,5). The molecule has 0 radical (unpaired) electrons. The summed E-state index contributed by atoms with van der Waals surface area (Å²) in [7, 11) is 0. The Morgan fingerprint density at radius 3 is 3.00 bits per heavy atom. The highest BCUT2D eigenvalue weighted by atomic mass is 32.2. The molecule has 0 fully saturated rings. The van der Waals surface area contributed by atoms with E-state index in [1.807, 2.05) is 0 Å². The normalized spacial score (nSPS) is 9.29. The second kappa shape index (κ2) is 1.99. The molecule has 0 amide bonds. The summed E-state index contributed by atoms with van der Waals surface area (Å²) in [4.78, 5) is 0. The van der Waals surface area contributed by atoms with Gasteiger partial charge in [-0.05, 0) is 6.07 Å². The van der Waals surface area contributed by atoms with E-state index in [4.69, 9.17) is 4.55 Å². The maximum Gasteiger partial charge on any atom is 0.145 e. The predicted molar refractivity (Wildman–Crippen MR) is 27.1 cm³/mol. The molecule has 1 rings (SSSR count). The Balaban J connectivity index is 2.76. The molecule has 0 saturated carbocycles. The smallest absolute Gasteiger partial charge is 0.145 e. The topological polar surface area (TPSA) is 48.9 Å². The van der Waals surface area contributed by atoms with Crippen LogP contribution in [0, 0.1) is 0 Å². The Kier molecular flexibility index (Phi) is 1.33. The van der Waals surface area contributed by atoms with Crippen molar-refractivity contribution in [2.24, 2.45) is 0 Å². The maximum absolute atomic E-state index is 8.26. The van der Waals surface area contributed by atoms with Crippen LogP contribution in [0.1, 0.15) is 0 Å². The average molecular weight is 116 g/mol. The summed E-state index contributed by atoms with van der Waals surface area (Å²) >= 11 is 0.633. The van der Waals surface area contributed by atoms with E-state index in [1.165, 1.54) is 0 Å². The monoisotopic (exact) mass is 116 g/mol. The van der Waals surface area contributed by atoms with Crippen LogP contribution in [-0.2, 0) is 0 Å². The first-order valence-corrected chi connectivity index (χ1v) is 2.52. The first kappa shape index (κ1) is 4.67. The lowest BCUT2D eigenvalue weighted by Crippen LogP contribution is -1.65. The molecule has 0 aliphatic rings. The molecule has 0 aliphatic carbocycles. The van der Waals surface area contributed by atoms with E-state index in [-0.39, 0.29) is 0 Å². The molecule has 0 spiro atoms. The molecule has 0 atom stereocenters. The van der Waals surface area contributed by atoms with E-state index in [2.05, 4.69) is 10.2 Å². The molecule has 1 aromatic rings. The molecule has 4 heteroatoms. The van der Waals surface area contributed by atoms with Gasteiger partial charge in [0.2, 0.25) is 0 Å². The highest BCUT2D eigenvalue weighted by molar-refractivity contribution is 7.93. The molecular formula is C3H4N2OS. The van der Waals surface area contributed by atoms with E-state index in [0.717, 1.165) is 0 Å². The first-order chi connectivity index (χ1) is 3.43. The summed E-state index contributed by atoms with van der Waals surface area (Å²) in [5.41, 5.74) is 0. The Hall–Kier alpha value is -0.480. The zero-order valence-electron chi connectivity index (χ0n) is 3.46. The van der Waals surface area contributed by atoms with Crippen molar-refractivity contribution in [3.8, 4) is 0 Å². The van der Waals surface area contributed by atoms with Gasteiger partial charge in [0, 0.05) is 18.2 Å². The van der Waals surface area contributed by atoms with Crippen molar-refractivity contribution >= 4 is 12.0 Å². The fraction of sp³-hybridized carbons (Fsp3) is 0. The van der Waals surface area contributed by atoms with Crippen LogP contribution < -0.4 is 0 Å². The van der Waals surface area contributed by atoms with Gasteiger partial charge < -0.3 is 4.55 Å². The van der Waals surface area contributed by atoms with Gasteiger partial charge in [0.05, 0.1) is 0 Å². The van der Waals surface area contributed by atoms with Crippen LogP contribution in [0.25, 0.3) is 0 Å². The molecule has 0 saturated heterocycles. The number of rotatable bonds is 1. The second-order valence-electron chi connectivity index (χ2n) is 1.00. The van der Waals surface area contributed by atoms with Crippen molar-refractivity contribution < 1.29 is 4.55 Å². The molecule has 3 nitrogen and oxygen atoms in total. The number of aromatic amines is 1. The van der Waals surface area contributed by atoms with Gasteiger partial charge in [-0.15, -0.1) is 0 Å². The lowest BCUT2D eigenvalue weighted by atomic mass is 10.8. The van der Waals surface area contributed by atoms with Crippen molar-refractivity contribution in [3.63, 3.8) is 0 Å². The number of nitrogens with zero attached hydrogens (tertiary/aromatic N) is 1. The van der Waals surface area contributed by atoms with Gasteiger partial charge in [-0.3, -0.25) is 5.10 Å². The average Bonchev–Trinajstić information content (AvgIpc) is 2.14. The van der Waals surface area contributed by atoms with Crippen LogP contribution in [0.3, 0.4) is 0 Å². The minimum atomic E-state index is 0.597. The third kappa shape index (κ3) is 0.942. The van der Waals surface area contributed by atoms with Crippen molar-refractivity contribution in [3.05, 3.63) is 12.3 Å². The molecule has 1 heterocycles. The van der Waals surface area contributed by atoms with E-state index in [0.29, 0.717) is 17.1 Å². The fourth-order valence-electron chi connectivity index (χ4n) is 0.298. The van der Waals surface area contributed by atoms with Crippen LogP contribution in [0.15, 0.2) is 17.3 Å². The van der Waals surface area contributed by atoms with Crippen LogP contribution >= 0.6 is 12.0 Å². The largest absolute Gasteiger partial charge is 0.324 e. The van der Waals surface area contributed by atoms with Crippen molar-refractivity contribution in [1.29, 1.82) is 0 Å². The Bertz CT molecular complexity index is 127. The summed E-state index contributed by atoms with van der Waals surface area (Å²) in [6.45, 7) is 0. The van der Waals surface area contributed by atoms with Crippen molar-refractivity contribution in [2.45, 2.75) is 5.03 Å². The molecule has 1 aromatic heterocycles. The first-order valence-electron chi connectivity index (χ1n) is 1.74. The minimum Gasteiger partial charge on any atom is -0.324 e. The predicted octanol–water partition coefficient (Wildman–Crippen LogP) is 0.975. The number of aromatic nitrogens is 2. The number of nitrogens with one attached hydrogen (secondary N) is 1. The third-order valence-electron chi connectivity index (χ3n) is 0.569. The third-order valence-corrected chi connectivity index (χ3v) is 0.983. The van der Waals surface area contributed by atoms with Crippen LogP contribution in [-0.4, -0.2) is 14.8 Å². The lowest BCUT2D eigenvalue weighted by molar-refractivity contribution is 0.659. The van der Waals surface area contributed by atoms with Gasteiger partial charge in [-0.2, -0.15) is 5.10 Å². The highest BCUT2D eigenvalue weighted by Crippen LogP contribution is 2.06. The molecule has 0 unspecified atom stereocenters. The summed E-state index contributed by atoms with van der Waals surface area (Å²) in [6.07, 6.45) is 1.65. The highest BCUT2D eigenvalue weighted by Gasteiger charge is 1.86. The summed E-state index contributed by atoms with van der Waals surface area (Å²) in [5, 5.41) is 6.77. The molecule has 38 valence electrons. The van der Waals surface area contributed by atoms with Gasteiger partial charge in [0.1, 0.15) is 5.03 Å². The molecule has 7 heavy (non-hydrogen) atoms. The maximum atomic E-state index is 8.26. The second-order valence-corrected chi connectivity index (χ2v) is 1.60. The number of hydrogen-bond donors (Lipinski definition) is 2. The molecule has 0 aliphatic heterocycles. The summed E-state index contributed by atoms with van der Waals surface area (Å²) < 4.78 is 8.26. The van der Waals surface area contributed by atoms with Gasteiger partial charge in [0.15, 0.2) is 0 Å². The van der Waals surface area contributed by atoms with Gasteiger partial charge in [0.25, 0.3) is 0 Å². The van der Waals surface area contributed by atoms with E-state index in [1.54, 1.807) is 12.3 Å². The molecule has 0 bridgehead atoms. The van der Waals surface area contributed by atoms with Gasteiger partial charge >= 0.3 is 0 Å². The summed E-state index contributed by atoms with van der Waals surface area (Å²) in [5.74, 6) is 0. The van der Waals surface area contributed by atoms with Crippen molar-refractivity contribution in [1.82, 2.24) is 10.2 Å². The molecular weight excluding hydrogens is 112 g/mol. The lowest BCUT2D eigenvalue weighted by Gasteiger charge is -1.75. The van der Waals surface area contributed by atoms with E-state index in [9.17, 15) is 0 Å². The van der Waals surface area contributed by atoms with Gasteiger partial charge in [-0.1, -0.05) is 0 Å². The van der Waals surface area contributed by atoms with E-state index < -0.39 is 0 Å². The Labute approximate surface area is 45.0 Å². The van der Waals surface area contributed by atoms with E-state index >= 15 is 0 Å². The Morgan fingerprint density at radius 2 is 2.71 bits per heavy atom. The SMILES string of the molecule is OSc1cc[nH]n1. The zero-order valence-corrected chi connectivity index (χ0v) is 4.27. The van der Waals surface area contributed by atoms with Crippen LogP contribution in [0.5, 0.6) is 0 Å². The van der Waals surface area contributed by atoms with Crippen LogP contribution in [0.4, 0.5) is 0 Å². The number of hydrogen-bond acceptors (Lipinski definition) is 3. The number of H-pyrrole nitrogens is 1. The quantitative estimate of drug-likeness (QED) is 0.537.